The Kier molecular flexibility index (Phi) is 4.17. The van der Waals surface area contributed by atoms with Crippen molar-refractivity contribution in [1.82, 2.24) is 9.80 Å². The molecule has 24 heavy (non-hydrogen) atoms. The maximum Gasteiger partial charge on any atom is 0.409 e. The number of carbonyl (C=O) groups is 2. The zero-order chi connectivity index (χ0) is 16.5. The van der Waals surface area contributed by atoms with Crippen LogP contribution < -0.4 is 0 Å². The van der Waals surface area contributed by atoms with Crippen LogP contribution in [0.15, 0.2) is 24.3 Å². The first-order chi connectivity index (χ1) is 11.7. The molecule has 5 nitrogen and oxygen atoms in total. The predicted octanol–water partition coefficient (Wildman–Crippen LogP) is 2.90. The molecule has 0 N–H and O–H groups in total. The molecule has 1 atom stereocenters. The summed E-state index contributed by atoms with van der Waals surface area (Å²) < 4.78 is 4.94. The minimum Gasteiger partial charge on any atom is -0.448 e. The topological polar surface area (TPSA) is 49.9 Å². The molecule has 3 aliphatic rings. The molecule has 1 aromatic rings. The molecule has 0 aromatic heterocycles. The molecule has 0 spiro atoms. The van der Waals surface area contributed by atoms with E-state index in [1.807, 2.05) is 0 Å². The van der Waals surface area contributed by atoms with E-state index in [1.165, 1.54) is 11.1 Å². The van der Waals surface area contributed by atoms with Crippen molar-refractivity contribution < 1.29 is 14.3 Å². The van der Waals surface area contributed by atoms with Crippen molar-refractivity contribution in [3.63, 3.8) is 0 Å². The molecule has 5 heteroatoms. The Morgan fingerprint density at radius 3 is 2.83 bits per heavy atom. The van der Waals surface area contributed by atoms with Crippen molar-refractivity contribution in [2.45, 2.75) is 50.6 Å². The van der Waals surface area contributed by atoms with Crippen LogP contribution in [0.4, 0.5) is 4.79 Å². The van der Waals surface area contributed by atoms with Crippen molar-refractivity contribution in [3.05, 3.63) is 35.4 Å². The van der Waals surface area contributed by atoms with Gasteiger partial charge in [-0.3, -0.25) is 4.79 Å². The molecule has 1 saturated carbocycles. The highest BCUT2D eigenvalue weighted by Gasteiger charge is 2.39. The van der Waals surface area contributed by atoms with Crippen LogP contribution in [0.2, 0.25) is 0 Å². The normalized spacial score (nSPS) is 22.9. The fourth-order valence-electron chi connectivity index (χ4n) is 3.99. The van der Waals surface area contributed by atoms with Gasteiger partial charge in [0.25, 0.3) is 0 Å². The van der Waals surface area contributed by atoms with Gasteiger partial charge < -0.3 is 14.5 Å². The maximum atomic E-state index is 12.9. The molecule has 128 valence electrons. The highest BCUT2D eigenvalue weighted by molar-refractivity contribution is 5.78. The fourth-order valence-corrected chi connectivity index (χ4v) is 3.99. The van der Waals surface area contributed by atoms with Gasteiger partial charge in [-0.25, -0.2) is 4.79 Å². The Morgan fingerprint density at radius 2 is 2.08 bits per heavy atom. The summed E-state index contributed by atoms with van der Waals surface area (Å²) in [5.41, 5.74) is 2.71. The second-order valence-electron chi connectivity index (χ2n) is 6.99. The second-order valence-corrected chi connectivity index (χ2v) is 6.99. The molecule has 1 aliphatic heterocycles. The summed E-state index contributed by atoms with van der Waals surface area (Å²) in [7, 11) is 0. The number of cyclic esters (lactones) is 1. The molecule has 1 saturated heterocycles. The SMILES string of the molecule is O=C1OCCN1CCC(=O)N(C1CC1)C1CCCc2ccccc21. The molecule has 2 amide bonds. The summed E-state index contributed by atoms with van der Waals surface area (Å²) in [5, 5.41) is 0. The summed E-state index contributed by atoms with van der Waals surface area (Å²) in [6, 6.07) is 9.13. The van der Waals surface area contributed by atoms with Crippen LogP contribution >= 0.6 is 0 Å². The van der Waals surface area contributed by atoms with E-state index in [0.29, 0.717) is 32.2 Å². The summed E-state index contributed by atoms with van der Waals surface area (Å²) in [4.78, 5) is 28.3. The van der Waals surface area contributed by atoms with E-state index in [4.69, 9.17) is 4.74 Å². The van der Waals surface area contributed by atoms with Crippen LogP contribution in [0.1, 0.15) is 49.3 Å². The largest absolute Gasteiger partial charge is 0.448 e. The van der Waals surface area contributed by atoms with Crippen LogP contribution in [0.5, 0.6) is 0 Å². The number of hydrogen-bond donors (Lipinski definition) is 0. The van der Waals surface area contributed by atoms with E-state index in [9.17, 15) is 9.59 Å². The fraction of sp³-hybridized carbons (Fsp3) is 0.579. The average Bonchev–Trinajstić information content (AvgIpc) is 3.35. The number of ether oxygens (including phenoxy) is 1. The van der Waals surface area contributed by atoms with Crippen molar-refractivity contribution >= 4 is 12.0 Å². The van der Waals surface area contributed by atoms with Crippen molar-refractivity contribution in [1.29, 1.82) is 0 Å². The molecule has 1 aromatic carbocycles. The van der Waals surface area contributed by atoms with Crippen molar-refractivity contribution in [3.8, 4) is 0 Å². The van der Waals surface area contributed by atoms with Crippen LogP contribution in [0.3, 0.4) is 0 Å². The molecular weight excluding hydrogens is 304 g/mol. The van der Waals surface area contributed by atoms with Gasteiger partial charge in [-0.1, -0.05) is 24.3 Å². The molecule has 0 bridgehead atoms. The zero-order valence-electron chi connectivity index (χ0n) is 13.9. The smallest absolute Gasteiger partial charge is 0.409 e. The number of amides is 2. The quantitative estimate of drug-likeness (QED) is 0.835. The number of benzene rings is 1. The van der Waals surface area contributed by atoms with Gasteiger partial charge in [0.1, 0.15) is 6.61 Å². The maximum absolute atomic E-state index is 12.9. The lowest BCUT2D eigenvalue weighted by molar-refractivity contribution is -0.135. The van der Waals surface area contributed by atoms with Crippen LogP contribution in [-0.2, 0) is 16.0 Å². The standard InChI is InChI=1S/C19H24N2O3/c22-18(10-11-20-12-13-24-19(20)23)21(15-8-9-15)17-7-3-5-14-4-1-2-6-16(14)17/h1-2,4,6,15,17H,3,5,7-13H2. The molecular formula is C19H24N2O3. The van der Waals surface area contributed by atoms with Gasteiger partial charge in [0.05, 0.1) is 12.6 Å². The minimum atomic E-state index is -0.288. The van der Waals surface area contributed by atoms with Crippen LogP contribution in [0.25, 0.3) is 0 Å². The van der Waals surface area contributed by atoms with Crippen molar-refractivity contribution in [2.24, 2.45) is 0 Å². The summed E-state index contributed by atoms with van der Waals surface area (Å²) in [6.07, 6.45) is 5.61. The van der Waals surface area contributed by atoms with Gasteiger partial charge in [-0.15, -0.1) is 0 Å². The lowest BCUT2D eigenvalue weighted by Crippen LogP contribution is -2.40. The highest BCUT2D eigenvalue weighted by atomic mass is 16.6. The Bertz CT molecular complexity index is 641. The zero-order valence-corrected chi connectivity index (χ0v) is 13.9. The van der Waals surface area contributed by atoms with Crippen LogP contribution in [0, 0.1) is 0 Å². The Hall–Kier alpha value is -2.04. The third kappa shape index (κ3) is 2.99. The first-order valence-corrected chi connectivity index (χ1v) is 9.04. The average molecular weight is 328 g/mol. The van der Waals surface area contributed by atoms with E-state index >= 15 is 0 Å². The highest BCUT2D eigenvalue weighted by Crippen LogP contribution is 2.41. The lowest BCUT2D eigenvalue weighted by atomic mass is 9.86. The van der Waals surface area contributed by atoms with Gasteiger partial charge >= 0.3 is 6.09 Å². The number of hydrogen-bond acceptors (Lipinski definition) is 3. The van der Waals surface area contributed by atoms with Gasteiger partial charge in [-0.2, -0.15) is 0 Å². The van der Waals surface area contributed by atoms with E-state index in [-0.39, 0.29) is 18.0 Å². The van der Waals surface area contributed by atoms with E-state index in [0.717, 1.165) is 32.1 Å². The Balaban J connectivity index is 1.48. The number of nitrogens with zero attached hydrogens (tertiary/aromatic N) is 2. The number of fused-ring (bicyclic) bond motifs is 1. The molecule has 1 heterocycles. The van der Waals surface area contributed by atoms with Crippen molar-refractivity contribution in [2.75, 3.05) is 19.7 Å². The first-order valence-electron chi connectivity index (χ1n) is 9.04. The summed E-state index contributed by atoms with van der Waals surface area (Å²) >= 11 is 0. The minimum absolute atomic E-state index is 0.180. The summed E-state index contributed by atoms with van der Waals surface area (Å²) in [6.45, 7) is 1.51. The van der Waals surface area contributed by atoms with Gasteiger partial charge in [0, 0.05) is 19.0 Å². The number of rotatable bonds is 5. The second kappa shape index (κ2) is 6.46. The number of carbonyl (C=O) groups excluding carboxylic acids is 2. The first kappa shape index (κ1) is 15.5. The van der Waals surface area contributed by atoms with E-state index < -0.39 is 0 Å². The lowest BCUT2D eigenvalue weighted by Gasteiger charge is -2.36. The molecule has 2 fully saturated rings. The predicted molar refractivity (Wildman–Crippen MR) is 89.5 cm³/mol. The molecule has 2 aliphatic carbocycles. The van der Waals surface area contributed by atoms with Gasteiger partial charge in [0.2, 0.25) is 5.91 Å². The van der Waals surface area contributed by atoms with E-state index in [1.54, 1.807) is 4.90 Å². The monoisotopic (exact) mass is 328 g/mol. The third-order valence-corrected chi connectivity index (χ3v) is 5.34. The Morgan fingerprint density at radius 1 is 1.25 bits per heavy atom. The Labute approximate surface area is 142 Å². The molecule has 0 radical (unpaired) electrons. The summed E-state index contributed by atoms with van der Waals surface area (Å²) in [5.74, 6) is 0.180. The third-order valence-electron chi connectivity index (χ3n) is 5.34. The molecule has 1 unspecified atom stereocenters. The van der Waals surface area contributed by atoms with Crippen LogP contribution in [-0.4, -0.2) is 47.5 Å². The molecule has 4 rings (SSSR count). The van der Waals surface area contributed by atoms with Gasteiger partial charge in [-0.05, 0) is 43.2 Å². The number of aryl methyl sites for hydroxylation is 1. The van der Waals surface area contributed by atoms with E-state index in [2.05, 4.69) is 29.2 Å². The van der Waals surface area contributed by atoms with Gasteiger partial charge in [0.15, 0.2) is 0 Å².